The van der Waals surface area contributed by atoms with Gasteiger partial charge in [0.1, 0.15) is 11.8 Å². The molecule has 91 heavy (non-hydrogen) atoms. The summed E-state index contributed by atoms with van der Waals surface area (Å²) in [6.07, 6.45) is 1.06. The summed E-state index contributed by atoms with van der Waals surface area (Å²) in [5.41, 5.74) is 12.8. The maximum absolute atomic E-state index is 14.7. The maximum Gasteiger partial charge on any atom is 2.00 e. The Kier molecular flexibility index (Phi) is 18.3. The van der Waals surface area contributed by atoms with Crippen LogP contribution in [0.2, 0.25) is 0 Å². The van der Waals surface area contributed by atoms with Crippen molar-refractivity contribution < 1.29 is 93.4 Å². The van der Waals surface area contributed by atoms with Crippen molar-refractivity contribution in [1.82, 2.24) is 39.9 Å². The Morgan fingerprint density at radius 2 is 0.769 bits per heavy atom. The van der Waals surface area contributed by atoms with Crippen LogP contribution in [0.25, 0.3) is 44.1 Å². The van der Waals surface area contributed by atoms with Crippen LogP contribution in [-0.4, -0.2) is 81.2 Å². The molecule has 10 heterocycles. The number of nitrogens with zero attached hydrogens (tertiary/aromatic N) is 8. The molecule has 476 valence electrons. The van der Waals surface area contributed by atoms with Crippen molar-refractivity contribution in [3.8, 4) is 0 Å². The van der Waals surface area contributed by atoms with Gasteiger partial charge in [-0.2, -0.15) is 0 Å². The molecule has 0 fully saturated rings. The first kappa shape index (κ1) is 66.3. The Labute approximate surface area is 553 Å². The molecule has 0 saturated heterocycles. The second kappa shape index (κ2) is 25.1. The number of aromatic nitrogens is 8. The fourth-order valence-electron chi connectivity index (χ4n) is 15.1. The summed E-state index contributed by atoms with van der Waals surface area (Å²) in [5.74, 6) is -9.63. The van der Waals surface area contributed by atoms with Crippen LogP contribution in [0.15, 0.2) is 36.4 Å². The quantitative estimate of drug-likeness (QED) is 0.0362. The van der Waals surface area contributed by atoms with Crippen molar-refractivity contribution in [2.24, 2.45) is 0 Å². The summed E-state index contributed by atoms with van der Waals surface area (Å²) in [6, 6.07) is 11.1. The second-order valence-electron chi connectivity index (χ2n) is 25.0. The number of fused-ring (bicyclic) bond motifs is 16. The molecule has 21 heteroatoms. The van der Waals surface area contributed by atoms with Crippen LogP contribution in [0.4, 0.5) is 0 Å². The van der Waals surface area contributed by atoms with Crippen LogP contribution in [-0.2, 0) is 74.2 Å². The van der Waals surface area contributed by atoms with Crippen molar-refractivity contribution in [1.29, 1.82) is 0 Å². The van der Waals surface area contributed by atoms with Gasteiger partial charge < -0.3 is 34.1 Å². The first-order valence-electron chi connectivity index (χ1n) is 30.7. The minimum Gasteiger partial charge on any atom is -0.657 e. The van der Waals surface area contributed by atoms with Gasteiger partial charge in [0.05, 0.1) is 14.2 Å². The summed E-state index contributed by atoms with van der Waals surface area (Å²) in [6.45, 7) is 22.4. The van der Waals surface area contributed by atoms with Crippen molar-refractivity contribution in [3.05, 3.63) is 138 Å². The number of methoxy groups -OCH3 is 2. The molecule has 0 spiro atoms. The van der Waals surface area contributed by atoms with E-state index in [-0.39, 0.29) is 124 Å². The number of aryl methyl sites for hydroxylation is 4. The SMILES string of the molecule is CC[C@H]1c2cc3[n-]c4c(c3C)C(=O)[C@H](C(=O)OC)c4c3nc(cc4[n-]c(cc(n2)[C@@H]1C)c(C(C)=O)c4C)[C@@H](C)[C@@H]3CCC(=O)OC(=O)CC[C@@H]1c2nc(cc3[n-]c(cc4nc(cc5[n-]c6c(c5C)C(=O)[C@H](C(=O)OC)c26)[C@H](CC)[C@H]4C)c(C(C)=O)c3C)[C@H]1C.[Pd+2].[Pd+2]. The Morgan fingerprint density at radius 1 is 0.451 bits per heavy atom. The third kappa shape index (κ3) is 10.7. The fourth-order valence-corrected chi connectivity index (χ4v) is 15.1. The van der Waals surface area contributed by atoms with Crippen molar-refractivity contribution in [3.63, 3.8) is 0 Å². The molecule has 16 bridgehead atoms. The second-order valence-corrected chi connectivity index (χ2v) is 25.0. The van der Waals surface area contributed by atoms with Crippen LogP contribution >= 0.6 is 0 Å². The van der Waals surface area contributed by atoms with Gasteiger partial charge in [0.25, 0.3) is 0 Å². The molecule has 0 aromatic carbocycles. The molecule has 0 amide bonds. The molecule has 6 aromatic heterocycles. The Morgan fingerprint density at radius 3 is 1.11 bits per heavy atom. The molecule has 12 rings (SSSR count). The van der Waals surface area contributed by atoms with Gasteiger partial charge in [-0.15, -0.1) is 44.1 Å². The predicted octanol–water partition coefficient (Wildman–Crippen LogP) is 11.7. The molecule has 19 nitrogen and oxygen atoms in total. The van der Waals surface area contributed by atoms with E-state index in [2.05, 4.69) is 27.7 Å². The van der Waals surface area contributed by atoms with Gasteiger partial charge in [-0.05, 0) is 78.4 Å². The average Bonchev–Trinajstić information content (AvgIpc) is 1.58. The fraction of sp³-hybridized carbons (Fsp3) is 0.429. The number of hydrogen-bond donors (Lipinski definition) is 0. The molecule has 6 aliphatic rings. The Balaban J connectivity index is 0.00000455. The summed E-state index contributed by atoms with van der Waals surface area (Å²) in [5, 5.41) is 0. The molecule has 0 saturated carbocycles. The molecule has 6 aromatic rings. The van der Waals surface area contributed by atoms with Crippen LogP contribution < -0.4 is 19.9 Å². The van der Waals surface area contributed by atoms with Crippen LogP contribution in [0.1, 0.15) is 273 Å². The van der Waals surface area contributed by atoms with E-state index in [9.17, 15) is 38.4 Å². The molecule has 10 atom stereocenters. The van der Waals surface area contributed by atoms with Crippen molar-refractivity contribution in [2.45, 2.75) is 181 Å². The number of carbonyl (C=O) groups is 8. The van der Waals surface area contributed by atoms with Crippen LogP contribution in [0.5, 0.6) is 0 Å². The molecule has 4 aliphatic heterocycles. The standard InChI is InChI=1S/C70H72N8O11.2Pd/c1-15-37-27(3)41-25-51-55(35(11)79)31(7)45(73-51)21-43-29(5)39(63(75-43)59-61(69(85)87-13)67(83)57-33(9)47(77-65(57)59)23-49(37)71-41)17-19-53(81)89-54(82)20-18-40-30(6)44-22-46-32(8)56(36(12)80)52(74-46)26-42-28(4)38(16-2)50(72-42)24-48-34(10)58-66(78-48)60(64(40)76-44)62(68(58)84)70(86)88-14;;/h21-30,37-40,61-62H,15-20H2,1-14H3,(H2-2,71,72,73,74,75,76,77,78,79,80,83,84);;/q-2;2*+2/p-2/t27-,28-,29+,30+,37-,38-,39+,40+,61-,62-;;/m1../s1. The predicted molar refractivity (Wildman–Crippen MR) is 330 cm³/mol. The van der Waals surface area contributed by atoms with E-state index in [1.54, 1.807) is 26.0 Å². The molecule has 0 radical (unpaired) electrons. The Hall–Kier alpha value is -7.68. The van der Waals surface area contributed by atoms with Crippen molar-refractivity contribution >= 4 is 91.1 Å². The van der Waals surface area contributed by atoms with Crippen LogP contribution in [0, 0.1) is 27.7 Å². The van der Waals surface area contributed by atoms with E-state index in [0.29, 0.717) is 100 Å². The van der Waals surface area contributed by atoms with E-state index in [1.807, 2.05) is 52.0 Å². The molecular weight excluding hydrogens is 1340 g/mol. The zero-order valence-electron chi connectivity index (χ0n) is 53.2. The van der Waals surface area contributed by atoms with E-state index < -0.39 is 71.0 Å². The number of carbonyl (C=O) groups excluding carboxylic acids is 8. The summed E-state index contributed by atoms with van der Waals surface area (Å²) >= 11 is 0. The van der Waals surface area contributed by atoms with Gasteiger partial charge >= 0.3 is 64.7 Å². The molecule has 0 N–H and O–H groups in total. The molecular formula is C70H70N8O11Pd2. The van der Waals surface area contributed by atoms with E-state index in [0.717, 1.165) is 35.6 Å². The van der Waals surface area contributed by atoms with E-state index in [1.165, 1.54) is 28.1 Å². The zero-order valence-corrected chi connectivity index (χ0v) is 56.3. The van der Waals surface area contributed by atoms with Crippen molar-refractivity contribution in [2.75, 3.05) is 14.2 Å². The first-order valence-corrected chi connectivity index (χ1v) is 30.7. The summed E-state index contributed by atoms with van der Waals surface area (Å²) < 4.78 is 16.2. The number of ketones is 4. The number of esters is 4. The third-order valence-electron chi connectivity index (χ3n) is 20.1. The zero-order chi connectivity index (χ0) is 63.7. The number of ether oxygens (including phenoxy) is 3. The van der Waals surface area contributed by atoms with Gasteiger partial charge in [-0.1, -0.05) is 100 Å². The third-order valence-corrected chi connectivity index (χ3v) is 20.1. The topological polar surface area (TPSA) is 272 Å². The maximum atomic E-state index is 14.7. The smallest absolute Gasteiger partial charge is 0.657 e. The molecule has 0 unspecified atom stereocenters. The molecule has 2 aliphatic carbocycles. The van der Waals surface area contributed by atoms with Gasteiger partial charge in [0.2, 0.25) is 0 Å². The average molecular weight is 1410 g/mol. The minimum absolute atomic E-state index is 0. The monoisotopic (exact) mass is 1410 g/mol. The largest absolute Gasteiger partial charge is 2.00 e. The van der Waals surface area contributed by atoms with Gasteiger partial charge in [0.15, 0.2) is 23.1 Å². The summed E-state index contributed by atoms with van der Waals surface area (Å²) in [4.78, 5) is 153. The Bertz CT molecular complexity index is 4250. The summed E-state index contributed by atoms with van der Waals surface area (Å²) in [7, 11) is 2.43. The minimum atomic E-state index is -1.41. The normalized spacial score (nSPS) is 21.9. The van der Waals surface area contributed by atoms with E-state index >= 15 is 0 Å². The van der Waals surface area contributed by atoms with Gasteiger partial charge in [0, 0.05) is 128 Å². The number of rotatable bonds is 12. The number of hydrogen-bond acceptors (Lipinski definition) is 15. The van der Waals surface area contributed by atoms with Gasteiger partial charge in [-0.3, -0.25) is 58.3 Å². The van der Waals surface area contributed by atoms with Gasteiger partial charge in [-0.25, -0.2) is 0 Å². The number of Topliss-reactive ketones (excluding diaryl/α,β-unsaturated/α-hetero) is 4. The van der Waals surface area contributed by atoms with Crippen LogP contribution in [0.3, 0.4) is 0 Å². The first-order chi connectivity index (χ1) is 42.4. The van der Waals surface area contributed by atoms with E-state index in [4.69, 9.17) is 54.1 Å².